The minimum Gasteiger partial charge on any atom is -0.481 e. The molecule has 0 saturated carbocycles. The fourth-order valence-electron chi connectivity index (χ4n) is 2.73. The van der Waals surface area contributed by atoms with Crippen LogP contribution in [0.4, 0.5) is 5.69 Å². The zero-order valence-electron chi connectivity index (χ0n) is 10.8. The highest BCUT2D eigenvalue weighted by Gasteiger charge is 2.30. The summed E-state index contributed by atoms with van der Waals surface area (Å²) in [5.74, 6) is -0.647. The highest BCUT2D eigenvalue weighted by Crippen LogP contribution is 2.39. The number of hydrogen-bond acceptors (Lipinski definition) is 3. The highest BCUT2D eigenvalue weighted by molar-refractivity contribution is 9.10. The minimum atomic E-state index is -0.732. The van der Waals surface area contributed by atoms with Crippen molar-refractivity contribution in [2.24, 2.45) is 0 Å². The molecule has 104 valence electrons. The summed E-state index contributed by atoms with van der Waals surface area (Å²) < 4.78 is 1.13. The van der Waals surface area contributed by atoms with Crippen LogP contribution in [0.25, 0.3) is 0 Å². The van der Waals surface area contributed by atoms with Crippen molar-refractivity contribution in [1.82, 2.24) is 0 Å². The number of carboxylic acids is 1. The van der Waals surface area contributed by atoms with Crippen LogP contribution in [0.3, 0.4) is 0 Å². The van der Waals surface area contributed by atoms with E-state index >= 15 is 0 Å². The number of thiophene rings is 1. The molecule has 0 radical (unpaired) electrons. The lowest BCUT2D eigenvalue weighted by Gasteiger charge is -2.19. The Labute approximate surface area is 130 Å². The predicted octanol–water partition coefficient (Wildman–Crippen LogP) is 4.09. The number of nitrogens with zero attached hydrogens (tertiary/aromatic N) is 1. The molecule has 5 heteroatoms. The van der Waals surface area contributed by atoms with Crippen molar-refractivity contribution in [2.45, 2.75) is 18.9 Å². The van der Waals surface area contributed by atoms with Crippen LogP contribution in [0.1, 0.15) is 22.8 Å². The zero-order chi connectivity index (χ0) is 14.1. The maximum Gasteiger partial charge on any atom is 0.304 e. The molecule has 1 aromatic heterocycles. The van der Waals surface area contributed by atoms with Gasteiger partial charge in [0.25, 0.3) is 0 Å². The second-order valence-electron chi connectivity index (χ2n) is 4.93. The van der Waals surface area contributed by atoms with Crippen molar-refractivity contribution in [3.8, 4) is 0 Å². The molecule has 3 nitrogen and oxygen atoms in total. The first-order valence-electron chi connectivity index (χ1n) is 6.42. The molecular formula is C15H14BrNO2S. The highest BCUT2D eigenvalue weighted by atomic mass is 79.9. The Kier molecular flexibility index (Phi) is 3.81. The van der Waals surface area contributed by atoms with Gasteiger partial charge in [0.1, 0.15) is 0 Å². The average molecular weight is 352 g/mol. The van der Waals surface area contributed by atoms with Crippen LogP contribution >= 0.6 is 27.3 Å². The Bertz CT molecular complexity index is 640. The molecule has 3 rings (SSSR count). The molecule has 1 unspecified atom stereocenters. The summed E-state index contributed by atoms with van der Waals surface area (Å²) in [6.07, 6.45) is 0.194. The zero-order valence-corrected chi connectivity index (χ0v) is 13.2. The molecule has 1 atom stereocenters. The summed E-state index contributed by atoms with van der Waals surface area (Å²) in [6, 6.07) is 10.2. The summed E-state index contributed by atoms with van der Waals surface area (Å²) >= 11 is 5.28. The van der Waals surface area contributed by atoms with Crippen LogP contribution in [0, 0.1) is 0 Å². The summed E-state index contributed by atoms with van der Waals surface area (Å²) in [5.41, 5.74) is 2.32. The molecular weight excluding hydrogens is 338 g/mol. The van der Waals surface area contributed by atoms with Gasteiger partial charge in [0, 0.05) is 27.5 Å². The minimum absolute atomic E-state index is 0.0856. The Hall–Kier alpha value is -1.33. The molecule has 1 aliphatic rings. The molecule has 0 amide bonds. The molecule has 2 aromatic rings. The topological polar surface area (TPSA) is 40.5 Å². The molecule has 0 saturated heterocycles. The largest absolute Gasteiger partial charge is 0.481 e. The van der Waals surface area contributed by atoms with E-state index in [1.165, 1.54) is 10.6 Å². The van der Waals surface area contributed by atoms with Gasteiger partial charge >= 0.3 is 5.97 Å². The molecule has 0 spiro atoms. The van der Waals surface area contributed by atoms with Crippen LogP contribution in [-0.4, -0.2) is 17.6 Å². The number of rotatable bonds is 4. The lowest BCUT2D eigenvalue weighted by atomic mass is 9.98. The lowest BCUT2D eigenvalue weighted by Crippen LogP contribution is -2.21. The van der Waals surface area contributed by atoms with Crippen molar-refractivity contribution in [1.29, 1.82) is 0 Å². The normalized spacial score (nSPS) is 17.2. The molecule has 20 heavy (non-hydrogen) atoms. The summed E-state index contributed by atoms with van der Waals surface area (Å²) in [4.78, 5) is 14.6. The Balaban J connectivity index is 1.87. The summed E-state index contributed by atoms with van der Waals surface area (Å²) in [6.45, 7) is 1.60. The number of carboxylic acid groups (broad SMARTS) is 1. The molecule has 2 heterocycles. The van der Waals surface area contributed by atoms with Crippen molar-refractivity contribution >= 4 is 38.9 Å². The van der Waals surface area contributed by atoms with E-state index in [2.05, 4.69) is 38.3 Å². The van der Waals surface area contributed by atoms with Gasteiger partial charge in [0.15, 0.2) is 0 Å². The Morgan fingerprint density at radius 1 is 1.40 bits per heavy atom. The van der Waals surface area contributed by atoms with Crippen molar-refractivity contribution < 1.29 is 9.90 Å². The van der Waals surface area contributed by atoms with Crippen LogP contribution in [0.5, 0.6) is 0 Å². The molecule has 1 aromatic carbocycles. The SMILES string of the molecule is O=C(O)CC1CN(Cc2sccc2Br)c2ccccc21. The van der Waals surface area contributed by atoms with Gasteiger partial charge in [-0.3, -0.25) is 4.79 Å². The smallest absolute Gasteiger partial charge is 0.304 e. The van der Waals surface area contributed by atoms with E-state index in [4.69, 9.17) is 5.11 Å². The fraction of sp³-hybridized carbons (Fsp3) is 0.267. The summed E-state index contributed by atoms with van der Waals surface area (Å²) in [7, 11) is 0. The third kappa shape index (κ3) is 2.60. The van der Waals surface area contributed by atoms with Crippen LogP contribution < -0.4 is 4.90 Å². The maximum atomic E-state index is 11.0. The molecule has 0 aliphatic carbocycles. The van der Waals surface area contributed by atoms with Gasteiger partial charge in [-0.25, -0.2) is 0 Å². The van der Waals surface area contributed by atoms with Crippen LogP contribution in [0.15, 0.2) is 40.2 Å². The first-order valence-corrected chi connectivity index (χ1v) is 8.10. The van der Waals surface area contributed by atoms with Gasteiger partial charge in [-0.15, -0.1) is 11.3 Å². The van der Waals surface area contributed by atoms with E-state index in [1.807, 2.05) is 18.2 Å². The second kappa shape index (κ2) is 5.58. The fourth-order valence-corrected chi connectivity index (χ4v) is 4.22. The Morgan fingerprint density at radius 3 is 2.90 bits per heavy atom. The van der Waals surface area contributed by atoms with E-state index in [1.54, 1.807) is 11.3 Å². The standard InChI is InChI=1S/C15H14BrNO2S/c16-12-5-6-20-14(12)9-17-8-10(7-15(18)19)11-3-1-2-4-13(11)17/h1-6,10H,7-9H2,(H,18,19). The average Bonchev–Trinajstić information content (AvgIpc) is 2.96. The lowest BCUT2D eigenvalue weighted by molar-refractivity contribution is -0.137. The van der Waals surface area contributed by atoms with E-state index in [-0.39, 0.29) is 12.3 Å². The number of halogens is 1. The van der Waals surface area contributed by atoms with Gasteiger partial charge in [-0.05, 0) is 39.0 Å². The number of aliphatic carboxylic acids is 1. The number of carbonyl (C=O) groups is 1. The van der Waals surface area contributed by atoms with Crippen molar-refractivity contribution in [3.63, 3.8) is 0 Å². The van der Waals surface area contributed by atoms with Gasteiger partial charge in [-0.1, -0.05) is 18.2 Å². The van der Waals surface area contributed by atoms with Crippen molar-refractivity contribution in [3.05, 3.63) is 50.6 Å². The summed E-state index contributed by atoms with van der Waals surface area (Å²) in [5, 5.41) is 11.1. The van der Waals surface area contributed by atoms with E-state index in [0.29, 0.717) is 0 Å². The van der Waals surface area contributed by atoms with Gasteiger partial charge < -0.3 is 10.0 Å². The van der Waals surface area contributed by atoms with Gasteiger partial charge in [0.2, 0.25) is 0 Å². The quantitative estimate of drug-likeness (QED) is 0.901. The van der Waals surface area contributed by atoms with Crippen molar-refractivity contribution in [2.75, 3.05) is 11.4 Å². The monoisotopic (exact) mass is 351 g/mol. The van der Waals surface area contributed by atoms with Crippen LogP contribution in [-0.2, 0) is 11.3 Å². The van der Waals surface area contributed by atoms with Gasteiger partial charge in [0.05, 0.1) is 13.0 Å². The third-order valence-corrected chi connectivity index (χ3v) is 5.52. The number of anilines is 1. The molecule has 0 fully saturated rings. The number of fused-ring (bicyclic) bond motifs is 1. The predicted molar refractivity (Wildman–Crippen MR) is 84.5 cm³/mol. The Morgan fingerprint density at radius 2 is 2.20 bits per heavy atom. The first kappa shape index (κ1) is 13.6. The van der Waals surface area contributed by atoms with E-state index < -0.39 is 5.97 Å². The van der Waals surface area contributed by atoms with E-state index in [0.717, 1.165) is 23.1 Å². The van der Waals surface area contributed by atoms with E-state index in [9.17, 15) is 4.79 Å². The molecule has 0 bridgehead atoms. The first-order chi connectivity index (χ1) is 9.65. The van der Waals surface area contributed by atoms with Crippen LogP contribution in [0.2, 0.25) is 0 Å². The molecule has 1 aliphatic heterocycles. The third-order valence-electron chi connectivity index (χ3n) is 3.60. The number of hydrogen-bond donors (Lipinski definition) is 1. The number of para-hydroxylation sites is 1. The molecule has 1 N–H and O–H groups in total. The van der Waals surface area contributed by atoms with Gasteiger partial charge in [-0.2, -0.15) is 0 Å². The number of benzene rings is 1. The second-order valence-corrected chi connectivity index (χ2v) is 6.78. The maximum absolute atomic E-state index is 11.0.